The van der Waals surface area contributed by atoms with Crippen LogP contribution in [0.3, 0.4) is 0 Å². The molecule has 4 aromatic rings. The summed E-state index contributed by atoms with van der Waals surface area (Å²) in [6.07, 6.45) is 4.24. The Kier molecular flexibility index (Phi) is 7.65. The lowest BCUT2D eigenvalue weighted by molar-refractivity contribution is -0.117. The summed E-state index contributed by atoms with van der Waals surface area (Å²) in [6, 6.07) is 18.6. The predicted octanol–water partition coefficient (Wildman–Crippen LogP) is 5.35. The number of ether oxygens (including phenoxy) is 1. The standard InChI is InChI=1S/C28H25FN4O3/c1-3-36-24-6-4-5-23(17-24)33(28(35)25-18-30-15-16-31-25)26(20-9-7-19(2)8-10-20)27(34)32-22-13-11-21(29)12-14-22/h4-18,26H,3H2,1-2H3,(H,32,34)/t26-/m0/s1. The third-order valence-corrected chi connectivity index (χ3v) is 5.42. The molecule has 0 spiro atoms. The van der Waals surface area contributed by atoms with Gasteiger partial charge in [0.05, 0.1) is 12.8 Å². The molecule has 1 atom stereocenters. The molecule has 0 bridgehead atoms. The largest absolute Gasteiger partial charge is 0.494 e. The molecule has 0 aliphatic heterocycles. The summed E-state index contributed by atoms with van der Waals surface area (Å²) in [4.78, 5) is 37.2. The SMILES string of the molecule is CCOc1cccc(N(C(=O)c2cnccn2)[C@H](C(=O)Nc2ccc(F)cc2)c2ccc(C)cc2)c1. The van der Waals surface area contributed by atoms with Crippen LogP contribution in [0, 0.1) is 12.7 Å². The number of aryl methyl sites for hydroxylation is 1. The topological polar surface area (TPSA) is 84.4 Å². The maximum atomic E-state index is 13.9. The summed E-state index contributed by atoms with van der Waals surface area (Å²) in [5.74, 6) is -0.870. The van der Waals surface area contributed by atoms with Crippen LogP contribution in [-0.2, 0) is 4.79 Å². The van der Waals surface area contributed by atoms with E-state index in [9.17, 15) is 14.0 Å². The van der Waals surface area contributed by atoms with Crippen molar-refractivity contribution in [3.05, 3.63) is 114 Å². The molecule has 182 valence electrons. The summed E-state index contributed by atoms with van der Waals surface area (Å²) in [7, 11) is 0. The van der Waals surface area contributed by atoms with E-state index in [1.165, 1.54) is 47.8 Å². The zero-order valence-corrected chi connectivity index (χ0v) is 19.9. The number of carbonyl (C=O) groups excluding carboxylic acids is 2. The normalized spacial score (nSPS) is 11.4. The van der Waals surface area contributed by atoms with Crippen molar-refractivity contribution in [2.24, 2.45) is 0 Å². The molecular weight excluding hydrogens is 459 g/mol. The molecule has 7 nitrogen and oxygen atoms in total. The molecule has 2 amide bonds. The van der Waals surface area contributed by atoms with Gasteiger partial charge in [0.2, 0.25) is 0 Å². The van der Waals surface area contributed by atoms with Crippen LogP contribution in [0.5, 0.6) is 5.75 Å². The molecule has 1 N–H and O–H groups in total. The number of rotatable bonds is 8. The molecular formula is C28H25FN4O3. The highest BCUT2D eigenvalue weighted by molar-refractivity contribution is 6.11. The molecule has 0 saturated carbocycles. The Morgan fingerprint density at radius 2 is 1.78 bits per heavy atom. The summed E-state index contributed by atoms with van der Waals surface area (Å²) < 4.78 is 19.1. The molecule has 0 aliphatic carbocycles. The van der Waals surface area contributed by atoms with E-state index in [0.717, 1.165) is 5.56 Å². The summed E-state index contributed by atoms with van der Waals surface area (Å²) >= 11 is 0. The van der Waals surface area contributed by atoms with E-state index in [4.69, 9.17) is 4.74 Å². The highest BCUT2D eigenvalue weighted by Crippen LogP contribution is 2.32. The van der Waals surface area contributed by atoms with E-state index in [2.05, 4.69) is 15.3 Å². The average molecular weight is 485 g/mol. The van der Waals surface area contributed by atoms with Gasteiger partial charge in [-0.2, -0.15) is 0 Å². The van der Waals surface area contributed by atoms with Crippen molar-refractivity contribution < 1.29 is 18.7 Å². The number of anilines is 2. The third-order valence-electron chi connectivity index (χ3n) is 5.42. The molecule has 36 heavy (non-hydrogen) atoms. The van der Waals surface area contributed by atoms with Crippen LogP contribution in [0.1, 0.15) is 34.6 Å². The van der Waals surface area contributed by atoms with Crippen LogP contribution in [0.4, 0.5) is 15.8 Å². The molecule has 4 rings (SSSR count). The number of halogens is 1. The van der Waals surface area contributed by atoms with Gasteiger partial charge in [-0.05, 0) is 55.8 Å². The van der Waals surface area contributed by atoms with Gasteiger partial charge in [0, 0.05) is 29.8 Å². The Morgan fingerprint density at radius 3 is 2.44 bits per heavy atom. The minimum Gasteiger partial charge on any atom is -0.494 e. The number of carbonyl (C=O) groups is 2. The fourth-order valence-corrected chi connectivity index (χ4v) is 3.72. The second-order valence-corrected chi connectivity index (χ2v) is 8.01. The number of hydrogen-bond acceptors (Lipinski definition) is 5. The summed E-state index contributed by atoms with van der Waals surface area (Å²) in [6.45, 7) is 4.24. The van der Waals surface area contributed by atoms with Gasteiger partial charge in [-0.25, -0.2) is 9.37 Å². The highest BCUT2D eigenvalue weighted by atomic mass is 19.1. The zero-order valence-electron chi connectivity index (χ0n) is 19.9. The first kappa shape index (κ1) is 24.5. The van der Waals surface area contributed by atoms with Crippen molar-refractivity contribution in [2.45, 2.75) is 19.9 Å². The number of benzene rings is 3. The molecule has 0 radical (unpaired) electrons. The Morgan fingerprint density at radius 1 is 1.03 bits per heavy atom. The lowest BCUT2D eigenvalue weighted by atomic mass is 10.0. The van der Waals surface area contributed by atoms with Gasteiger partial charge in [0.1, 0.15) is 23.3 Å². The van der Waals surface area contributed by atoms with E-state index >= 15 is 0 Å². The first-order valence-electron chi connectivity index (χ1n) is 11.4. The molecule has 1 heterocycles. The van der Waals surface area contributed by atoms with Crippen LogP contribution in [0.2, 0.25) is 0 Å². The first-order chi connectivity index (χ1) is 17.5. The van der Waals surface area contributed by atoms with Crippen LogP contribution in [0.15, 0.2) is 91.4 Å². The fraction of sp³-hybridized carbons (Fsp3) is 0.143. The van der Waals surface area contributed by atoms with Crippen molar-refractivity contribution in [2.75, 3.05) is 16.8 Å². The number of nitrogens with one attached hydrogen (secondary N) is 1. The molecule has 3 aromatic carbocycles. The fourth-order valence-electron chi connectivity index (χ4n) is 3.72. The van der Waals surface area contributed by atoms with Crippen molar-refractivity contribution in [3.63, 3.8) is 0 Å². The predicted molar refractivity (Wildman–Crippen MR) is 135 cm³/mol. The minimum atomic E-state index is -1.08. The van der Waals surface area contributed by atoms with E-state index in [0.29, 0.717) is 29.3 Å². The lowest BCUT2D eigenvalue weighted by Crippen LogP contribution is -2.42. The van der Waals surface area contributed by atoms with Gasteiger partial charge in [0.15, 0.2) is 0 Å². The summed E-state index contributed by atoms with van der Waals surface area (Å²) in [5.41, 5.74) is 2.50. The van der Waals surface area contributed by atoms with Gasteiger partial charge < -0.3 is 10.1 Å². The molecule has 0 fully saturated rings. The number of aromatic nitrogens is 2. The molecule has 0 unspecified atom stereocenters. The van der Waals surface area contributed by atoms with E-state index in [1.54, 1.807) is 36.4 Å². The lowest BCUT2D eigenvalue weighted by Gasteiger charge is -2.31. The van der Waals surface area contributed by atoms with Gasteiger partial charge in [0.25, 0.3) is 11.8 Å². The third kappa shape index (κ3) is 5.72. The number of hydrogen-bond donors (Lipinski definition) is 1. The maximum absolute atomic E-state index is 13.9. The van der Waals surface area contributed by atoms with Crippen molar-refractivity contribution in [1.29, 1.82) is 0 Å². The Labute approximate surface area is 208 Å². The molecule has 8 heteroatoms. The highest BCUT2D eigenvalue weighted by Gasteiger charge is 2.34. The van der Waals surface area contributed by atoms with Crippen molar-refractivity contribution in [3.8, 4) is 5.75 Å². The smallest absolute Gasteiger partial charge is 0.279 e. The minimum absolute atomic E-state index is 0.0750. The van der Waals surface area contributed by atoms with Gasteiger partial charge in [-0.15, -0.1) is 0 Å². The van der Waals surface area contributed by atoms with Gasteiger partial charge in [-0.1, -0.05) is 35.9 Å². The number of nitrogens with zero attached hydrogens (tertiary/aromatic N) is 3. The summed E-state index contributed by atoms with van der Waals surface area (Å²) in [5, 5.41) is 2.81. The van der Waals surface area contributed by atoms with Crippen LogP contribution >= 0.6 is 0 Å². The van der Waals surface area contributed by atoms with Crippen molar-refractivity contribution in [1.82, 2.24) is 9.97 Å². The van der Waals surface area contributed by atoms with E-state index < -0.39 is 23.7 Å². The van der Waals surface area contributed by atoms with E-state index in [-0.39, 0.29) is 5.69 Å². The van der Waals surface area contributed by atoms with Crippen LogP contribution < -0.4 is 15.0 Å². The van der Waals surface area contributed by atoms with Crippen LogP contribution in [0.25, 0.3) is 0 Å². The zero-order chi connectivity index (χ0) is 25.5. The number of amides is 2. The maximum Gasteiger partial charge on any atom is 0.279 e. The average Bonchev–Trinajstić information content (AvgIpc) is 2.90. The van der Waals surface area contributed by atoms with Crippen LogP contribution in [-0.4, -0.2) is 28.4 Å². The Hall–Kier alpha value is -4.59. The monoisotopic (exact) mass is 484 g/mol. The van der Waals surface area contributed by atoms with Gasteiger partial charge >= 0.3 is 0 Å². The Balaban J connectivity index is 1.85. The Bertz CT molecular complexity index is 1330. The molecule has 0 aliphatic rings. The van der Waals surface area contributed by atoms with E-state index in [1.807, 2.05) is 26.0 Å². The molecule has 1 aromatic heterocycles. The quantitative estimate of drug-likeness (QED) is 0.365. The van der Waals surface area contributed by atoms with Gasteiger partial charge in [-0.3, -0.25) is 19.5 Å². The first-order valence-corrected chi connectivity index (χ1v) is 11.4. The second kappa shape index (κ2) is 11.2. The van der Waals surface area contributed by atoms with Crippen molar-refractivity contribution >= 4 is 23.2 Å². The molecule has 0 saturated heterocycles. The second-order valence-electron chi connectivity index (χ2n) is 8.01.